The molecular weight excluding hydrogens is 224 g/mol. The first-order chi connectivity index (χ1) is 8.72. The third kappa shape index (κ3) is 2.41. The fourth-order valence-electron chi connectivity index (χ4n) is 1.69. The number of nitrogens with zero attached hydrogens (tertiary/aromatic N) is 2. The molecule has 2 rings (SSSR count). The lowest BCUT2D eigenvalue weighted by Gasteiger charge is -2.11. The van der Waals surface area contributed by atoms with E-state index in [1.807, 2.05) is 31.3 Å². The zero-order chi connectivity index (χ0) is 13.0. The van der Waals surface area contributed by atoms with Crippen LogP contribution >= 0.6 is 0 Å². The van der Waals surface area contributed by atoms with Crippen molar-refractivity contribution in [1.82, 2.24) is 4.98 Å². The van der Waals surface area contributed by atoms with Crippen LogP contribution in [0.25, 0.3) is 0 Å². The minimum Gasteiger partial charge on any atom is -0.396 e. The lowest BCUT2D eigenvalue weighted by molar-refractivity contribution is 1.08. The van der Waals surface area contributed by atoms with Crippen molar-refractivity contribution in [3.05, 3.63) is 53.3 Å². The monoisotopic (exact) mass is 238 g/mol. The summed E-state index contributed by atoms with van der Waals surface area (Å²) in [5.74, 6) is 0. The highest BCUT2D eigenvalue weighted by Crippen LogP contribution is 2.22. The smallest absolute Gasteiger partial charge is 0.101 e. The molecule has 0 radical (unpaired) electrons. The maximum absolute atomic E-state index is 8.90. The van der Waals surface area contributed by atoms with Crippen molar-refractivity contribution >= 4 is 11.4 Å². The molecule has 0 saturated heterocycles. The fraction of sp³-hybridized carbons (Fsp3) is 0.143. The molecule has 0 aliphatic heterocycles. The summed E-state index contributed by atoms with van der Waals surface area (Å²) in [5.41, 5.74) is 9.93. The van der Waals surface area contributed by atoms with Crippen molar-refractivity contribution < 1.29 is 0 Å². The van der Waals surface area contributed by atoms with Gasteiger partial charge in [0.1, 0.15) is 6.07 Å². The van der Waals surface area contributed by atoms with Crippen molar-refractivity contribution in [2.45, 2.75) is 13.5 Å². The first-order valence-electron chi connectivity index (χ1n) is 5.64. The number of nitriles is 1. The van der Waals surface area contributed by atoms with Gasteiger partial charge in [0, 0.05) is 18.9 Å². The van der Waals surface area contributed by atoms with Gasteiger partial charge in [-0.2, -0.15) is 5.26 Å². The highest BCUT2D eigenvalue weighted by Gasteiger charge is 2.04. The molecule has 90 valence electrons. The van der Waals surface area contributed by atoms with E-state index in [-0.39, 0.29) is 0 Å². The molecule has 1 heterocycles. The van der Waals surface area contributed by atoms with Gasteiger partial charge in [0.25, 0.3) is 0 Å². The Morgan fingerprint density at radius 3 is 2.94 bits per heavy atom. The molecule has 0 unspecified atom stereocenters. The molecular formula is C14H14N4. The summed E-state index contributed by atoms with van der Waals surface area (Å²) in [6.45, 7) is 2.67. The summed E-state index contributed by atoms with van der Waals surface area (Å²) in [5, 5.41) is 12.1. The van der Waals surface area contributed by atoms with Crippen LogP contribution in [-0.2, 0) is 6.54 Å². The fourth-order valence-corrected chi connectivity index (χ4v) is 1.69. The normalized spacial score (nSPS) is 9.78. The zero-order valence-corrected chi connectivity index (χ0v) is 10.1. The molecule has 0 fully saturated rings. The first-order valence-corrected chi connectivity index (χ1v) is 5.64. The van der Waals surface area contributed by atoms with Crippen molar-refractivity contribution in [2.75, 3.05) is 11.1 Å². The van der Waals surface area contributed by atoms with Crippen LogP contribution in [0.1, 0.15) is 16.7 Å². The number of pyridine rings is 1. The Balaban J connectivity index is 2.17. The SMILES string of the molecule is Cc1ccncc1CNc1cccc(C#N)c1N. The minimum atomic E-state index is 0.488. The highest BCUT2D eigenvalue weighted by atomic mass is 14.9. The summed E-state index contributed by atoms with van der Waals surface area (Å²) in [7, 11) is 0. The summed E-state index contributed by atoms with van der Waals surface area (Å²) in [6, 6.07) is 9.41. The van der Waals surface area contributed by atoms with E-state index >= 15 is 0 Å². The number of hydrogen-bond acceptors (Lipinski definition) is 4. The van der Waals surface area contributed by atoms with Crippen LogP contribution in [0.15, 0.2) is 36.7 Å². The van der Waals surface area contributed by atoms with Gasteiger partial charge < -0.3 is 11.1 Å². The number of aryl methyl sites for hydroxylation is 1. The lowest BCUT2D eigenvalue weighted by Crippen LogP contribution is -2.05. The van der Waals surface area contributed by atoms with Crippen LogP contribution in [0.4, 0.5) is 11.4 Å². The van der Waals surface area contributed by atoms with Gasteiger partial charge in [-0.3, -0.25) is 4.98 Å². The molecule has 0 spiro atoms. The van der Waals surface area contributed by atoms with E-state index in [0.717, 1.165) is 11.3 Å². The molecule has 4 heteroatoms. The largest absolute Gasteiger partial charge is 0.396 e. The van der Waals surface area contributed by atoms with Gasteiger partial charge in [0.15, 0.2) is 0 Å². The molecule has 0 atom stereocenters. The van der Waals surface area contributed by atoms with E-state index in [2.05, 4.69) is 16.4 Å². The summed E-state index contributed by atoms with van der Waals surface area (Å²) in [6.07, 6.45) is 3.59. The second kappa shape index (κ2) is 5.19. The molecule has 0 aliphatic rings. The lowest BCUT2D eigenvalue weighted by atomic mass is 10.1. The number of anilines is 2. The molecule has 3 N–H and O–H groups in total. The summed E-state index contributed by atoms with van der Waals surface area (Å²) < 4.78 is 0. The predicted octanol–water partition coefficient (Wildman–Crippen LogP) is 2.46. The second-order valence-electron chi connectivity index (χ2n) is 4.03. The number of para-hydroxylation sites is 1. The number of nitrogens with two attached hydrogens (primary N) is 1. The standard InChI is InChI=1S/C14H14N4/c1-10-5-6-17-8-12(10)9-18-13-4-2-3-11(7-15)14(13)16/h2-6,8,18H,9,16H2,1H3. The third-order valence-corrected chi connectivity index (χ3v) is 2.84. The Kier molecular flexibility index (Phi) is 3.44. The van der Waals surface area contributed by atoms with Crippen molar-refractivity contribution in [2.24, 2.45) is 0 Å². The number of nitrogens with one attached hydrogen (secondary N) is 1. The van der Waals surface area contributed by atoms with Gasteiger partial charge in [0.05, 0.1) is 16.9 Å². The molecule has 0 aliphatic carbocycles. The Morgan fingerprint density at radius 2 is 2.22 bits per heavy atom. The Morgan fingerprint density at radius 1 is 1.39 bits per heavy atom. The Bertz CT molecular complexity index is 599. The quantitative estimate of drug-likeness (QED) is 0.805. The highest BCUT2D eigenvalue weighted by molar-refractivity contribution is 5.72. The van der Waals surface area contributed by atoms with E-state index in [1.165, 1.54) is 5.56 Å². The maximum atomic E-state index is 8.90. The van der Waals surface area contributed by atoms with Crippen LogP contribution in [0.5, 0.6) is 0 Å². The van der Waals surface area contributed by atoms with E-state index < -0.39 is 0 Å². The second-order valence-corrected chi connectivity index (χ2v) is 4.03. The number of aromatic nitrogens is 1. The van der Waals surface area contributed by atoms with Gasteiger partial charge in [-0.05, 0) is 36.2 Å². The molecule has 0 bridgehead atoms. The van der Waals surface area contributed by atoms with Crippen molar-refractivity contribution in [1.29, 1.82) is 5.26 Å². The molecule has 2 aromatic rings. The van der Waals surface area contributed by atoms with Gasteiger partial charge in [0.2, 0.25) is 0 Å². The molecule has 4 nitrogen and oxygen atoms in total. The number of rotatable bonds is 3. The molecule has 1 aromatic carbocycles. The van der Waals surface area contributed by atoms with Crippen LogP contribution in [-0.4, -0.2) is 4.98 Å². The number of benzene rings is 1. The zero-order valence-electron chi connectivity index (χ0n) is 10.1. The molecule has 1 aromatic heterocycles. The summed E-state index contributed by atoms with van der Waals surface area (Å²) in [4.78, 5) is 4.09. The van der Waals surface area contributed by atoms with Gasteiger partial charge >= 0.3 is 0 Å². The van der Waals surface area contributed by atoms with Gasteiger partial charge in [-0.15, -0.1) is 0 Å². The maximum Gasteiger partial charge on any atom is 0.101 e. The van der Waals surface area contributed by atoms with E-state index in [9.17, 15) is 0 Å². The Labute approximate surface area is 106 Å². The first kappa shape index (κ1) is 11.9. The topological polar surface area (TPSA) is 74.7 Å². The molecule has 18 heavy (non-hydrogen) atoms. The van der Waals surface area contributed by atoms with Crippen LogP contribution in [0, 0.1) is 18.3 Å². The van der Waals surface area contributed by atoms with E-state index in [0.29, 0.717) is 17.8 Å². The molecule has 0 amide bonds. The summed E-state index contributed by atoms with van der Waals surface area (Å²) >= 11 is 0. The third-order valence-electron chi connectivity index (χ3n) is 2.84. The van der Waals surface area contributed by atoms with E-state index in [1.54, 1.807) is 12.3 Å². The minimum absolute atomic E-state index is 0.488. The number of nitrogen functional groups attached to an aromatic ring is 1. The Hall–Kier alpha value is -2.54. The van der Waals surface area contributed by atoms with Crippen molar-refractivity contribution in [3.63, 3.8) is 0 Å². The van der Waals surface area contributed by atoms with Crippen LogP contribution in [0.3, 0.4) is 0 Å². The number of hydrogen-bond donors (Lipinski definition) is 2. The average molecular weight is 238 g/mol. The van der Waals surface area contributed by atoms with Gasteiger partial charge in [-0.1, -0.05) is 6.07 Å². The average Bonchev–Trinajstić information content (AvgIpc) is 2.39. The van der Waals surface area contributed by atoms with Crippen LogP contribution in [0.2, 0.25) is 0 Å². The van der Waals surface area contributed by atoms with E-state index in [4.69, 9.17) is 11.0 Å². The predicted molar refractivity (Wildman–Crippen MR) is 71.9 cm³/mol. The van der Waals surface area contributed by atoms with Crippen LogP contribution < -0.4 is 11.1 Å². The van der Waals surface area contributed by atoms with Crippen molar-refractivity contribution in [3.8, 4) is 6.07 Å². The molecule has 0 saturated carbocycles. The van der Waals surface area contributed by atoms with Gasteiger partial charge in [-0.25, -0.2) is 0 Å².